The summed E-state index contributed by atoms with van der Waals surface area (Å²) in [5.41, 5.74) is 6.57. The third kappa shape index (κ3) is 3.12. The van der Waals surface area contributed by atoms with E-state index in [-0.39, 0.29) is 6.04 Å². The topological polar surface area (TPSA) is 37.8 Å². The number of hydrogen-bond donors (Lipinski definition) is 1. The molecule has 0 amide bonds. The van der Waals surface area contributed by atoms with Crippen LogP contribution in [0.15, 0.2) is 48.1 Å². The summed E-state index contributed by atoms with van der Waals surface area (Å²) in [6, 6.07) is 11.3. The first kappa shape index (κ1) is 16.4. The van der Waals surface area contributed by atoms with Crippen molar-refractivity contribution in [3.63, 3.8) is 0 Å². The van der Waals surface area contributed by atoms with Gasteiger partial charge in [0, 0.05) is 29.4 Å². The first-order valence-electron chi connectivity index (χ1n) is 8.84. The Labute approximate surface area is 153 Å². The molecule has 3 aromatic rings. The fraction of sp³-hybridized carbons (Fsp3) is 0.333. The molecule has 4 rings (SSSR count). The van der Waals surface area contributed by atoms with Crippen molar-refractivity contribution in [1.82, 2.24) is 15.3 Å². The number of fused-ring (bicyclic) bond motifs is 1. The normalized spacial score (nSPS) is 20.4. The number of nitrogens with one attached hydrogen (secondary N) is 1. The van der Waals surface area contributed by atoms with Gasteiger partial charge in [-0.15, -0.1) is 11.3 Å². The summed E-state index contributed by atoms with van der Waals surface area (Å²) in [6.45, 7) is 6.78. The Morgan fingerprint density at radius 1 is 1.20 bits per heavy atom. The summed E-state index contributed by atoms with van der Waals surface area (Å²) in [6.07, 6.45) is 4.79. The molecule has 0 saturated heterocycles. The van der Waals surface area contributed by atoms with Crippen LogP contribution in [0, 0.1) is 6.92 Å². The number of nitrogens with zero attached hydrogens (tertiary/aromatic N) is 2. The number of rotatable bonds is 4. The van der Waals surface area contributed by atoms with E-state index in [1.165, 1.54) is 16.7 Å². The quantitative estimate of drug-likeness (QED) is 0.684. The lowest BCUT2D eigenvalue weighted by molar-refractivity contribution is 0.449. The molecule has 0 fully saturated rings. The van der Waals surface area contributed by atoms with Gasteiger partial charge in [-0.3, -0.25) is 4.98 Å². The smallest absolute Gasteiger partial charge is 0.110 e. The first-order valence-corrected chi connectivity index (χ1v) is 9.72. The molecule has 128 valence electrons. The Balaban J connectivity index is 1.53. The van der Waals surface area contributed by atoms with Gasteiger partial charge in [-0.25, -0.2) is 4.98 Å². The minimum atomic E-state index is 0.240. The molecule has 0 aliphatic heterocycles. The molecule has 1 aromatic carbocycles. The van der Waals surface area contributed by atoms with E-state index in [1.54, 1.807) is 11.3 Å². The minimum Gasteiger partial charge on any atom is -0.301 e. The Bertz CT molecular complexity index is 872. The summed E-state index contributed by atoms with van der Waals surface area (Å²) in [5, 5.41) is 7.09. The van der Waals surface area contributed by atoms with Gasteiger partial charge >= 0.3 is 0 Å². The van der Waals surface area contributed by atoms with Crippen molar-refractivity contribution in [2.24, 2.45) is 0 Å². The SMILES string of the molecule is Cc1cccc2c1[C@H](C)C[C@H]2N[C@H](C)c1nc(-c2ccncc2)cs1. The van der Waals surface area contributed by atoms with E-state index in [2.05, 4.69) is 54.7 Å². The summed E-state index contributed by atoms with van der Waals surface area (Å²) in [5.74, 6) is 0.615. The summed E-state index contributed by atoms with van der Waals surface area (Å²) in [7, 11) is 0. The highest BCUT2D eigenvalue weighted by Gasteiger charge is 2.30. The first-order chi connectivity index (χ1) is 12.1. The van der Waals surface area contributed by atoms with Gasteiger partial charge in [0.1, 0.15) is 5.01 Å². The van der Waals surface area contributed by atoms with Crippen molar-refractivity contribution in [2.45, 2.75) is 45.2 Å². The van der Waals surface area contributed by atoms with Gasteiger partial charge in [0.05, 0.1) is 11.7 Å². The van der Waals surface area contributed by atoms with Crippen molar-refractivity contribution in [3.8, 4) is 11.3 Å². The molecule has 0 spiro atoms. The summed E-state index contributed by atoms with van der Waals surface area (Å²) < 4.78 is 0. The van der Waals surface area contributed by atoms with E-state index >= 15 is 0 Å². The van der Waals surface area contributed by atoms with Crippen LogP contribution in [0.3, 0.4) is 0 Å². The molecule has 0 bridgehead atoms. The number of hydrogen-bond acceptors (Lipinski definition) is 4. The van der Waals surface area contributed by atoms with Crippen LogP contribution in [0.4, 0.5) is 0 Å². The lowest BCUT2D eigenvalue weighted by Crippen LogP contribution is -2.23. The van der Waals surface area contributed by atoms with Crippen LogP contribution in [-0.2, 0) is 0 Å². The molecule has 0 unspecified atom stereocenters. The maximum absolute atomic E-state index is 4.84. The van der Waals surface area contributed by atoms with Crippen LogP contribution in [0.1, 0.15) is 60.0 Å². The number of benzene rings is 1. The van der Waals surface area contributed by atoms with Crippen molar-refractivity contribution >= 4 is 11.3 Å². The van der Waals surface area contributed by atoms with Crippen LogP contribution >= 0.6 is 11.3 Å². The van der Waals surface area contributed by atoms with Gasteiger partial charge in [0.15, 0.2) is 0 Å². The molecule has 0 radical (unpaired) electrons. The van der Waals surface area contributed by atoms with Gasteiger partial charge in [0.25, 0.3) is 0 Å². The Kier molecular flexibility index (Phi) is 4.40. The standard InChI is InChI=1S/C21H23N3S/c1-13-5-4-6-17-18(11-14(2)20(13)17)23-15(3)21-24-19(12-25-21)16-7-9-22-10-8-16/h4-10,12,14-15,18,23H,11H2,1-3H3/t14-,15-,18-/m1/s1. The van der Waals surface area contributed by atoms with E-state index in [0.717, 1.165) is 22.7 Å². The fourth-order valence-corrected chi connectivity index (χ4v) is 4.80. The third-order valence-corrected chi connectivity index (χ3v) is 6.16. The highest BCUT2D eigenvalue weighted by Crippen LogP contribution is 2.42. The lowest BCUT2D eigenvalue weighted by atomic mass is 9.98. The number of thiazole rings is 1. The van der Waals surface area contributed by atoms with Gasteiger partial charge in [0.2, 0.25) is 0 Å². The van der Waals surface area contributed by atoms with Crippen LogP contribution in [0.25, 0.3) is 11.3 Å². The van der Waals surface area contributed by atoms with Crippen LogP contribution in [0.2, 0.25) is 0 Å². The molecule has 2 aromatic heterocycles. The highest BCUT2D eigenvalue weighted by atomic mass is 32.1. The zero-order chi connectivity index (χ0) is 17.4. The second-order valence-electron chi connectivity index (χ2n) is 6.96. The molecular weight excluding hydrogens is 326 g/mol. The zero-order valence-electron chi connectivity index (χ0n) is 14.9. The van der Waals surface area contributed by atoms with E-state index in [9.17, 15) is 0 Å². The van der Waals surface area contributed by atoms with Crippen molar-refractivity contribution in [3.05, 3.63) is 69.8 Å². The predicted octanol–water partition coefficient (Wildman–Crippen LogP) is 5.41. The largest absolute Gasteiger partial charge is 0.301 e. The summed E-state index contributed by atoms with van der Waals surface area (Å²) >= 11 is 1.73. The second-order valence-corrected chi connectivity index (χ2v) is 7.85. The number of pyridine rings is 1. The van der Waals surface area contributed by atoms with Crippen LogP contribution in [-0.4, -0.2) is 9.97 Å². The molecule has 1 N–H and O–H groups in total. The zero-order valence-corrected chi connectivity index (χ0v) is 15.7. The van der Waals surface area contributed by atoms with Crippen molar-refractivity contribution in [1.29, 1.82) is 0 Å². The lowest BCUT2D eigenvalue weighted by Gasteiger charge is -2.19. The van der Waals surface area contributed by atoms with E-state index < -0.39 is 0 Å². The maximum atomic E-state index is 4.84. The Morgan fingerprint density at radius 2 is 2.00 bits per heavy atom. The van der Waals surface area contributed by atoms with Crippen LogP contribution < -0.4 is 5.32 Å². The van der Waals surface area contributed by atoms with E-state index in [0.29, 0.717) is 12.0 Å². The van der Waals surface area contributed by atoms with E-state index in [1.807, 2.05) is 24.5 Å². The predicted molar refractivity (Wildman–Crippen MR) is 104 cm³/mol. The monoisotopic (exact) mass is 349 g/mol. The van der Waals surface area contributed by atoms with Gasteiger partial charge < -0.3 is 5.32 Å². The number of aryl methyl sites for hydroxylation is 1. The van der Waals surface area contributed by atoms with Crippen molar-refractivity contribution < 1.29 is 0 Å². The second kappa shape index (κ2) is 6.70. The Hall–Kier alpha value is -2.04. The highest BCUT2D eigenvalue weighted by molar-refractivity contribution is 7.10. The molecule has 1 aliphatic carbocycles. The third-order valence-electron chi connectivity index (χ3n) is 5.13. The van der Waals surface area contributed by atoms with Gasteiger partial charge in [-0.2, -0.15) is 0 Å². The van der Waals surface area contributed by atoms with Gasteiger partial charge in [-0.05, 0) is 55.0 Å². The van der Waals surface area contributed by atoms with E-state index in [4.69, 9.17) is 4.98 Å². The molecule has 25 heavy (non-hydrogen) atoms. The molecule has 4 heteroatoms. The minimum absolute atomic E-state index is 0.240. The van der Waals surface area contributed by atoms with Gasteiger partial charge in [-0.1, -0.05) is 25.1 Å². The molecule has 2 heterocycles. The fourth-order valence-electron chi connectivity index (χ4n) is 3.95. The Morgan fingerprint density at radius 3 is 2.80 bits per heavy atom. The van der Waals surface area contributed by atoms with Crippen LogP contribution in [0.5, 0.6) is 0 Å². The summed E-state index contributed by atoms with van der Waals surface area (Å²) in [4.78, 5) is 8.92. The average molecular weight is 350 g/mol. The molecule has 0 saturated carbocycles. The average Bonchev–Trinajstić information content (AvgIpc) is 3.22. The number of aromatic nitrogens is 2. The maximum Gasteiger partial charge on any atom is 0.110 e. The molecular formula is C21H23N3S. The molecule has 3 atom stereocenters. The van der Waals surface area contributed by atoms with Crippen molar-refractivity contribution in [2.75, 3.05) is 0 Å². The molecule has 1 aliphatic rings. The molecule has 3 nitrogen and oxygen atoms in total.